The third-order valence-electron chi connectivity index (χ3n) is 1.58. The molecule has 15 heavy (non-hydrogen) atoms. The summed E-state index contributed by atoms with van der Waals surface area (Å²) >= 11 is 0. The van der Waals surface area contributed by atoms with Gasteiger partial charge in [0.1, 0.15) is 5.52 Å². The lowest BCUT2D eigenvalue weighted by Crippen LogP contribution is -2.21. The number of nitrogens with zero attached hydrogens (tertiary/aromatic N) is 1. The summed E-state index contributed by atoms with van der Waals surface area (Å²) in [6.45, 7) is 3.64. The first kappa shape index (κ1) is 10.8. The lowest BCUT2D eigenvalue weighted by Gasteiger charge is -1.83. The topological polar surface area (TPSA) is 94.4 Å². The van der Waals surface area contributed by atoms with Crippen LogP contribution in [0.15, 0.2) is 15.9 Å². The molecule has 0 aliphatic carbocycles. The van der Waals surface area contributed by atoms with Gasteiger partial charge in [0.15, 0.2) is 5.65 Å². The lowest BCUT2D eigenvalue weighted by atomic mass is 10.5. The van der Waals surface area contributed by atoms with Crippen LogP contribution in [0.3, 0.4) is 0 Å². The van der Waals surface area contributed by atoms with Crippen molar-refractivity contribution in [3.63, 3.8) is 0 Å². The number of fused-ring (bicyclic) bond motifs is 1. The van der Waals surface area contributed by atoms with Crippen LogP contribution < -0.4 is 11.2 Å². The molecule has 0 aliphatic heterocycles. The summed E-state index contributed by atoms with van der Waals surface area (Å²) in [7, 11) is 0. The Kier molecular flexibility index (Phi) is 3.46. The second-order valence-corrected chi connectivity index (χ2v) is 2.53. The van der Waals surface area contributed by atoms with E-state index in [0.717, 1.165) is 0 Å². The van der Waals surface area contributed by atoms with Gasteiger partial charge in [0.05, 0.1) is 6.33 Å². The zero-order valence-electron chi connectivity index (χ0n) is 8.34. The van der Waals surface area contributed by atoms with Crippen molar-refractivity contribution in [1.82, 2.24) is 19.9 Å². The normalized spacial score (nSPS) is 8.67. The second-order valence-electron chi connectivity index (χ2n) is 2.53. The number of hydrogen-bond donors (Lipinski definition) is 3. The molecule has 0 saturated heterocycles. The van der Waals surface area contributed by atoms with Crippen LogP contribution in [0.2, 0.25) is 0 Å². The molecule has 0 atom stereocenters. The van der Waals surface area contributed by atoms with Crippen LogP contribution in [-0.2, 0) is 0 Å². The van der Waals surface area contributed by atoms with Crippen molar-refractivity contribution >= 4 is 11.2 Å². The first-order valence-electron chi connectivity index (χ1n) is 4.18. The van der Waals surface area contributed by atoms with E-state index in [1.165, 1.54) is 6.33 Å². The van der Waals surface area contributed by atoms with Gasteiger partial charge in [0, 0.05) is 0 Å². The van der Waals surface area contributed by atoms with E-state index in [1.54, 1.807) is 0 Å². The molecule has 2 aromatic heterocycles. The lowest BCUT2D eigenvalue weighted by molar-refractivity contribution is 1.07. The van der Waals surface area contributed by atoms with Gasteiger partial charge < -0.3 is 4.98 Å². The molecule has 0 amide bonds. The fourth-order valence-electron chi connectivity index (χ4n) is 0.867. The Hall–Kier alpha value is -2.29. The Balaban J connectivity index is 0.000000245. The second kappa shape index (κ2) is 4.81. The van der Waals surface area contributed by atoms with Crippen LogP contribution >= 0.6 is 0 Å². The maximum Gasteiger partial charge on any atom is 0.327 e. The molecule has 0 bridgehead atoms. The Bertz CT molecular complexity index is 602. The van der Waals surface area contributed by atoms with Crippen LogP contribution in [0.1, 0.15) is 13.8 Å². The zero-order valence-corrected chi connectivity index (χ0v) is 8.34. The van der Waals surface area contributed by atoms with Gasteiger partial charge in [0.2, 0.25) is 0 Å². The van der Waals surface area contributed by atoms with E-state index in [0.29, 0.717) is 0 Å². The van der Waals surface area contributed by atoms with Gasteiger partial charge in [0.25, 0.3) is 5.56 Å². The van der Waals surface area contributed by atoms with Crippen molar-refractivity contribution in [2.45, 2.75) is 13.8 Å². The van der Waals surface area contributed by atoms with Crippen molar-refractivity contribution in [2.75, 3.05) is 0 Å². The zero-order chi connectivity index (χ0) is 11.3. The Morgan fingerprint density at radius 1 is 1.20 bits per heavy atom. The minimum atomic E-state index is -0.547. The Labute approximate surface area is 84.8 Å². The summed E-state index contributed by atoms with van der Waals surface area (Å²) in [6.07, 6.45) is 1.34. The van der Waals surface area contributed by atoms with Gasteiger partial charge in [-0.3, -0.25) is 14.8 Å². The third kappa shape index (κ3) is 2.57. The predicted octanol–water partition coefficient (Wildman–Crippen LogP) is -0.0309. The molecule has 0 unspecified atom stereocenters. The van der Waals surface area contributed by atoms with Gasteiger partial charge in [-0.05, 0) is 13.8 Å². The van der Waals surface area contributed by atoms with E-state index < -0.39 is 11.2 Å². The molecule has 0 radical (unpaired) electrons. The third-order valence-corrected chi connectivity index (χ3v) is 1.58. The fraction of sp³-hybridized carbons (Fsp3) is 0.222. The first-order chi connectivity index (χ1) is 7.19. The van der Waals surface area contributed by atoms with Crippen LogP contribution in [0.25, 0.3) is 11.2 Å². The monoisotopic (exact) mass is 206 g/mol. The molecular weight excluding hydrogens is 196 g/mol. The maximum absolute atomic E-state index is 10.9. The summed E-state index contributed by atoms with van der Waals surface area (Å²) in [5, 5.41) is 0. The van der Waals surface area contributed by atoms with Gasteiger partial charge in [-0.25, -0.2) is 9.78 Å². The van der Waals surface area contributed by atoms with E-state index in [-0.39, 0.29) is 11.2 Å². The highest BCUT2D eigenvalue weighted by atomic mass is 16.2. The van der Waals surface area contributed by atoms with Crippen molar-refractivity contribution in [3.8, 4) is 11.8 Å². The molecule has 0 aromatic carbocycles. The molecule has 3 N–H and O–H groups in total. The Morgan fingerprint density at radius 2 is 1.87 bits per heavy atom. The summed E-state index contributed by atoms with van der Waals surface area (Å²) in [5.41, 5.74) is -0.445. The number of hydrogen-bond acceptors (Lipinski definition) is 3. The smallest absolute Gasteiger partial charge is 0.327 e. The molecule has 78 valence electrons. The van der Waals surface area contributed by atoms with Crippen LogP contribution in [0.4, 0.5) is 0 Å². The number of imidazole rings is 1. The number of H-pyrrole nitrogens is 3. The number of rotatable bonds is 0. The summed E-state index contributed by atoms with van der Waals surface area (Å²) in [5.74, 6) is 5.36. The molecule has 2 heterocycles. The van der Waals surface area contributed by atoms with Gasteiger partial charge >= 0.3 is 5.69 Å². The molecule has 0 fully saturated rings. The van der Waals surface area contributed by atoms with Crippen LogP contribution in [0, 0.1) is 11.8 Å². The molecular formula is C9H10N4O2. The van der Waals surface area contributed by atoms with Crippen molar-refractivity contribution in [1.29, 1.82) is 0 Å². The van der Waals surface area contributed by atoms with E-state index in [9.17, 15) is 9.59 Å². The maximum atomic E-state index is 10.9. The summed E-state index contributed by atoms with van der Waals surface area (Å²) < 4.78 is 0. The average Bonchev–Trinajstić information content (AvgIpc) is 2.66. The van der Waals surface area contributed by atoms with Gasteiger partial charge in [-0.1, -0.05) is 0 Å². The summed E-state index contributed by atoms with van der Waals surface area (Å²) in [6, 6.07) is 0. The molecule has 2 rings (SSSR count). The average molecular weight is 206 g/mol. The minimum absolute atomic E-state index is 0.277. The molecule has 6 heteroatoms. The molecule has 0 saturated carbocycles. The van der Waals surface area contributed by atoms with Crippen LogP contribution in [-0.4, -0.2) is 19.9 Å². The van der Waals surface area contributed by atoms with E-state index >= 15 is 0 Å². The predicted molar refractivity (Wildman–Crippen MR) is 56.5 cm³/mol. The van der Waals surface area contributed by atoms with Crippen molar-refractivity contribution < 1.29 is 0 Å². The minimum Gasteiger partial charge on any atom is -0.339 e. The van der Waals surface area contributed by atoms with E-state index in [4.69, 9.17) is 0 Å². The quantitative estimate of drug-likeness (QED) is 0.528. The Morgan fingerprint density at radius 3 is 2.47 bits per heavy atom. The fourth-order valence-corrected chi connectivity index (χ4v) is 0.867. The highest BCUT2D eigenvalue weighted by molar-refractivity contribution is 5.67. The SMILES string of the molecule is CC#CC.O=c1[nH]c(=O)c2[nH]cnc2[nH]1. The first-order valence-corrected chi connectivity index (χ1v) is 4.18. The molecule has 6 nitrogen and oxygen atoms in total. The number of aromatic nitrogens is 4. The van der Waals surface area contributed by atoms with Crippen molar-refractivity contribution in [2.24, 2.45) is 0 Å². The molecule has 0 spiro atoms. The van der Waals surface area contributed by atoms with Gasteiger partial charge in [-0.15, -0.1) is 11.8 Å². The number of nitrogens with one attached hydrogen (secondary N) is 3. The highest BCUT2D eigenvalue weighted by Crippen LogP contribution is 1.92. The summed E-state index contributed by atoms with van der Waals surface area (Å²) in [4.78, 5) is 32.3. The highest BCUT2D eigenvalue weighted by Gasteiger charge is 1.99. The van der Waals surface area contributed by atoms with E-state index in [2.05, 4.69) is 31.8 Å². The molecule has 2 aromatic rings. The number of aromatic amines is 3. The van der Waals surface area contributed by atoms with E-state index in [1.807, 2.05) is 13.8 Å². The largest absolute Gasteiger partial charge is 0.339 e. The molecule has 0 aliphatic rings. The van der Waals surface area contributed by atoms with Gasteiger partial charge in [-0.2, -0.15) is 0 Å². The van der Waals surface area contributed by atoms with Crippen LogP contribution in [0.5, 0.6) is 0 Å². The van der Waals surface area contributed by atoms with Crippen molar-refractivity contribution in [3.05, 3.63) is 27.2 Å². The standard InChI is InChI=1S/C5H4N4O2.C4H6/c10-4-2-3(7-1-6-2)8-5(11)9-4;1-3-4-2/h1H,(H3,6,7,8,9,10,11);1-2H3.